The SMILES string of the molecule is COc1cc(NCc2ccc(SC)s2)ccc1-c1cnco1. The van der Waals surface area contributed by atoms with E-state index in [0.717, 1.165) is 23.5 Å². The number of methoxy groups -OCH3 is 1. The van der Waals surface area contributed by atoms with Gasteiger partial charge in [-0.25, -0.2) is 4.98 Å². The van der Waals surface area contributed by atoms with Crippen LogP contribution in [0.5, 0.6) is 5.75 Å². The molecule has 0 aliphatic rings. The molecule has 1 aromatic carbocycles. The molecule has 0 bridgehead atoms. The summed E-state index contributed by atoms with van der Waals surface area (Å²) in [6.45, 7) is 0.802. The van der Waals surface area contributed by atoms with E-state index in [9.17, 15) is 0 Å². The lowest BCUT2D eigenvalue weighted by atomic mass is 10.1. The second-order valence-electron chi connectivity index (χ2n) is 4.56. The smallest absolute Gasteiger partial charge is 0.181 e. The van der Waals surface area contributed by atoms with Gasteiger partial charge in [-0.2, -0.15) is 0 Å². The highest BCUT2D eigenvalue weighted by atomic mass is 32.2. The zero-order valence-electron chi connectivity index (χ0n) is 12.3. The number of thioether (sulfide) groups is 1. The molecule has 0 saturated carbocycles. The average Bonchev–Trinajstić information content (AvgIpc) is 3.24. The van der Waals surface area contributed by atoms with E-state index in [1.165, 1.54) is 15.5 Å². The van der Waals surface area contributed by atoms with E-state index in [1.807, 2.05) is 29.5 Å². The van der Waals surface area contributed by atoms with Crippen LogP contribution in [0.4, 0.5) is 5.69 Å². The molecule has 0 aliphatic heterocycles. The predicted molar refractivity (Wildman–Crippen MR) is 91.9 cm³/mol. The number of oxazole rings is 1. The van der Waals surface area contributed by atoms with Crippen LogP contribution in [0.25, 0.3) is 11.3 Å². The van der Waals surface area contributed by atoms with Crippen molar-refractivity contribution in [3.8, 4) is 17.1 Å². The number of hydrogen-bond acceptors (Lipinski definition) is 6. The second-order valence-corrected chi connectivity index (χ2v) is 6.83. The standard InChI is InChI=1S/C16H16N2O2S2/c1-19-14-7-11(3-5-13(14)15-9-17-10-20-15)18-8-12-4-6-16(21-2)22-12/h3-7,9-10,18H,8H2,1-2H3. The van der Waals surface area contributed by atoms with Crippen LogP contribution in [0.3, 0.4) is 0 Å². The predicted octanol–water partition coefficient (Wildman–Crippen LogP) is 4.75. The van der Waals surface area contributed by atoms with E-state index in [4.69, 9.17) is 9.15 Å². The molecule has 1 N–H and O–H groups in total. The molecule has 3 rings (SSSR count). The van der Waals surface area contributed by atoms with Crippen LogP contribution in [-0.4, -0.2) is 18.3 Å². The summed E-state index contributed by atoms with van der Waals surface area (Å²) < 4.78 is 12.1. The molecule has 0 amide bonds. The van der Waals surface area contributed by atoms with Crippen molar-refractivity contribution in [2.75, 3.05) is 18.7 Å². The number of anilines is 1. The van der Waals surface area contributed by atoms with Crippen molar-refractivity contribution < 1.29 is 9.15 Å². The van der Waals surface area contributed by atoms with Crippen LogP contribution < -0.4 is 10.1 Å². The highest BCUT2D eigenvalue weighted by Gasteiger charge is 2.10. The van der Waals surface area contributed by atoms with Gasteiger partial charge in [0.25, 0.3) is 0 Å². The summed E-state index contributed by atoms with van der Waals surface area (Å²) in [5, 5.41) is 3.42. The summed E-state index contributed by atoms with van der Waals surface area (Å²) in [7, 11) is 1.66. The van der Waals surface area contributed by atoms with Gasteiger partial charge in [0, 0.05) is 23.2 Å². The molecule has 0 radical (unpaired) electrons. The number of thiophene rings is 1. The Balaban J connectivity index is 1.74. The molecule has 0 spiro atoms. The summed E-state index contributed by atoms with van der Waals surface area (Å²) in [6.07, 6.45) is 5.19. The van der Waals surface area contributed by atoms with Crippen molar-refractivity contribution in [2.45, 2.75) is 10.8 Å². The topological polar surface area (TPSA) is 47.3 Å². The molecule has 0 aliphatic carbocycles. The largest absolute Gasteiger partial charge is 0.496 e. The zero-order chi connectivity index (χ0) is 15.4. The first-order valence-corrected chi connectivity index (χ1v) is 8.77. The molecule has 22 heavy (non-hydrogen) atoms. The Kier molecular flexibility index (Phi) is 4.70. The molecule has 2 heterocycles. The van der Waals surface area contributed by atoms with Crippen molar-refractivity contribution in [1.82, 2.24) is 4.98 Å². The normalized spacial score (nSPS) is 10.6. The fourth-order valence-electron chi connectivity index (χ4n) is 2.11. The Morgan fingerprint density at radius 3 is 2.91 bits per heavy atom. The fraction of sp³-hybridized carbons (Fsp3) is 0.188. The number of aromatic nitrogens is 1. The number of nitrogens with zero attached hydrogens (tertiary/aromatic N) is 1. The lowest BCUT2D eigenvalue weighted by Gasteiger charge is -2.10. The van der Waals surface area contributed by atoms with Gasteiger partial charge in [0.2, 0.25) is 0 Å². The molecular formula is C16H16N2O2S2. The third-order valence-electron chi connectivity index (χ3n) is 3.20. The minimum atomic E-state index is 0.700. The minimum Gasteiger partial charge on any atom is -0.496 e. The highest BCUT2D eigenvalue weighted by molar-refractivity contribution is 8.00. The van der Waals surface area contributed by atoms with E-state index in [1.54, 1.807) is 25.1 Å². The number of benzene rings is 1. The van der Waals surface area contributed by atoms with E-state index >= 15 is 0 Å². The second kappa shape index (κ2) is 6.89. The molecule has 0 fully saturated rings. The van der Waals surface area contributed by atoms with E-state index in [-0.39, 0.29) is 0 Å². The summed E-state index contributed by atoms with van der Waals surface area (Å²) in [5.74, 6) is 1.46. The number of nitrogens with one attached hydrogen (secondary N) is 1. The minimum absolute atomic E-state index is 0.700. The van der Waals surface area contributed by atoms with Gasteiger partial charge in [-0.3, -0.25) is 0 Å². The molecule has 114 valence electrons. The van der Waals surface area contributed by atoms with Crippen molar-refractivity contribution in [3.63, 3.8) is 0 Å². The maximum absolute atomic E-state index is 5.45. The quantitative estimate of drug-likeness (QED) is 0.660. The summed E-state index contributed by atoms with van der Waals surface area (Å²) in [4.78, 5) is 5.25. The first-order chi connectivity index (χ1) is 10.8. The van der Waals surface area contributed by atoms with Gasteiger partial charge in [0.1, 0.15) is 5.75 Å². The molecule has 6 heteroatoms. The average molecular weight is 332 g/mol. The van der Waals surface area contributed by atoms with Crippen molar-refractivity contribution in [3.05, 3.63) is 47.8 Å². The third-order valence-corrected chi connectivity index (χ3v) is 5.37. The fourth-order valence-corrected chi connectivity index (χ4v) is 3.64. The Labute approximate surface area is 137 Å². The number of ether oxygens (including phenoxy) is 1. The molecule has 0 unspecified atom stereocenters. The summed E-state index contributed by atoms with van der Waals surface area (Å²) in [6, 6.07) is 10.3. The van der Waals surface area contributed by atoms with Gasteiger partial charge in [-0.1, -0.05) is 0 Å². The third kappa shape index (κ3) is 3.28. The van der Waals surface area contributed by atoms with Crippen LogP contribution in [0.2, 0.25) is 0 Å². The van der Waals surface area contributed by atoms with Crippen molar-refractivity contribution >= 4 is 28.8 Å². The van der Waals surface area contributed by atoms with Gasteiger partial charge in [-0.05, 0) is 30.5 Å². The Morgan fingerprint density at radius 2 is 2.23 bits per heavy atom. The molecular weight excluding hydrogens is 316 g/mol. The Hall–Kier alpha value is -1.92. The van der Waals surface area contributed by atoms with Crippen LogP contribution in [0.15, 0.2) is 51.5 Å². The van der Waals surface area contributed by atoms with Crippen LogP contribution in [-0.2, 0) is 6.54 Å². The van der Waals surface area contributed by atoms with Gasteiger partial charge in [-0.15, -0.1) is 23.1 Å². The molecule has 2 aromatic heterocycles. The summed E-state index contributed by atoms with van der Waals surface area (Å²) >= 11 is 3.58. The molecule has 0 atom stereocenters. The number of hydrogen-bond donors (Lipinski definition) is 1. The van der Waals surface area contributed by atoms with Crippen molar-refractivity contribution in [1.29, 1.82) is 0 Å². The van der Waals surface area contributed by atoms with Gasteiger partial charge in [0.05, 0.1) is 23.1 Å². The number of rotatable bonds is 6. The maximum atomic E-state index is 5.45. The molecule has 4 nitrogen and oxygen atoms in total. The first-order valence-electron chi connectivity index (χ1n) is 6.73. The van der Waals surface area contributed by atoms with Gasteiger partial charge < -0.3 is 14.5 Å². The summed E-state index contributed by atoms with van der Waals surface area (Å²) in [5.41, 5.74) is 1.91. The highest BCUT2D eigenvalue weighted by Crippen LogP contribution is 2.32. The zero-order valence-corrected chi connectivity index (χ0v) is 14.0. The molecule has 3 aromatic rings. The van der Waals surface area contributed by atoms with Crippen LogP contribution in [0, 0.1) is 0 Å². The lowest BCUT2D eigenvalue weighted by molar-refractivity contribution is 0.415. The van der Waals surface area contributed by atoms with Crippen LogP contribution in [0.1, 0.15) is 4.88 Å². The Bertz CT molecular complexity index is 738. The van der Waals surface area contributed by atoms with E-state index < -0.39 is 0 Å². The van der Waals surface area contributed by atoms with E-state index in [2.05, 4.69) is 28.7 Å². The van der Waals surface area contributed by atoms with Gasteiger partial charge in [0.15, 0.2) is 12.2 Å². The lowest BCUT2D eigenvalue weighted by Crippen LogP contribution is -1.98. The van der Waals surface area contributed by atoms with E-state index in [0.29, 0.717) is 5.76 Å². The molecule has 0 saturated heterocycles. The first kappa shape index (κ1) is 15.0. The van der Waals surface area contributed by atoms with Crippen LogP contribution >= 0.6 is 23.1 Å². The maximum Gasteiger partial charge on any atom is 0.181 e. The Morgan fingerprint density at radius 1 is 1.32 bits per heavy atom. The van der Waals surface area contributed by atoms with Gasteiger partial charge >= 0.3 is 0 Å². The monoisotopic (exact) mass is 332 g/mol. The van der Waals surface area contributed by atoms with Crippen molar-refractivity contribution in [2.24, 2.45) is 0 Å².